The van der Waals surface area contributed by atoms with E-state index in [1.165, 1.54) is 0 Å². The highest BCUT2D eigenvalue weighted by atomic mass is 16.5. The van der Waals surface area contributed by atoms with Crippen molar-refractivity contribution in [1.82, 2.24) is 9.88 Å². The summed E-state index contributed by atoms with van der Waals surface area (Å²) >= 11 is 0. The van der Waals surface area contributed by atoms with Crippen molar-refractivity contribution in [3.63, 3.8) is 0 Å². The summed E-state index contributed by atoms with van der Waals surface area (Å²) in [6.07, 6.45) is 3.54. The van der Waals surface area contributed by atoms with Crippen LogP contribution in [0.4, 0.5) is 0 Å². The molecule has 1 rings (SSSR count). The number of aromatic nitrogens is 1. The van der Waals surface area contributed by atoms with E-state index in [0.717, 1.165) is 25.7 Å². The number of esters is 1. The molecule has 0 aliphatic carbocycles. The second kappa shape index (κ2) is 12.5. The lowest BCUT2D eigenvalue weighted by molar-refractivity contribution is -0.137. The lowest BCUT2D eigenvalue weighted by Crippen LogP contribution is -2.47. The Morgan fingerprint density at radius 1 is 1.13 bits per heavy atom. The molecule has 30 heavy (non-hydrogen) atoms. The quantitative estimate of drug-likeness (QED) is 0.382. The van der Waals surface area contributed by atoms with Crippen molar-refractivity contribution < 1.29 is 23.9 Å². The number of amides is 1. The SMILES string of the molecule is CCCC[C@@H](CC)C(=O)N(CCOC)[C@H](C)C(=O)c1c(C)[nH]c(C(=O)OCC)c1C. The number of nitrogens with zero attached hydrogens (tertiary/aromatic N) is 1. The van der Waals surface area contributed by atoms with Crippen LogP contribution in [-0.2, 0) is 14.3 Å². The third kappa shape index (κ3) is 6.17. The number of hydrogen-bond donors (Lipinski definition) is 1. The van der Waals surface area contributed by atoms with Gasteiger partial charge in [-0.15, -0.1) is 0 Å². The highest BCUT2D eigenvalue weighted by Gasteiger charge is 2.33. The number of carbonyl (C=O) groups is 3. The lowest BCUT2D eigenvalue weighted by Gasteiger charge is -2.31. The van der Waals surface area contributed by atoms with Crippen LogP contribution in [0.5, 0.6) is 0 Å². The van der Waals surface area contributed by atoms with Gasteiger partial charge in [0.25, 0.3) is 0 Å². The number of rotatable bonds is 13. The van der Waals surface area contributed by atoms with Crippen molar-refractivity contribution in [1.29, 1.82) is 0 Å². The highest BCUT2D eigenvalue weighted by molar-refractivity contribution is 6.06. The molecule has 0 bridgehead atoms. The van der Waals surface area contributed by atoms with Crippen LogP contribution < -0.4 is 0 Å². The zero-order chi connectivity index (χ0) is 22.8. The molecule has 0 aromatic carbocycles. The standard InChI is InChI=1S/C23H38N2O5/c1-8-11-12-18(9-2)22(27)25(13-14-29-7)17(6)21(26)19-15(4)20(24-16(19)5)23(28)30-10-3/h17-18,24H,8-14H2,1-7H3/t17-,18-/m1/s1. The van der Waals surface area contributed by atoms with Crippen LogP contribution in [0, 0.1) is 19.8 Å². The van der Waals surface area contributed by atoms with Gasteiger partial charge in [0.2, 0.25) is 5.91 Å². The number of methoxy groups -OCH3 is 1. The molecule has 0 unspecified atom stereocenters. The summed E-state index contributed by atoms with van der Waals surface area (Å²) in [5.41, 5.74) is 1.89. The molecule has 7 nitrogen and oxygen atoms in total. The van der Waals surface area contributed by atoms with E-state index in [1.54, 1.807) is 39.7 Å². The summed E-state index contributed by atoms with van der Waals surface area (Å²) in [4.78, 5) is 43.5. The third-order valence-electron chi connectivity index (χ3n) is 5.58. The number of aromatic amines is 1. The van der Waals surface area contributed by atoms with E-state index in [-0.39, 0.29) is 29.9 Å². The molecule has 1 amide bonds. The van der Waals surface area contributed by atoms with Crippen LogP contribution in [0.3, 0.4) is 0 Å². The van der Waals surface area contributed by atoms with Crippen LogP contribution in [-0.4, -0.2) is 60.5 Å². The van der Waals surface area contributed by atoms with E-state index >= 15 is 0 Å². The van der Waals surface area contributed by atoms with Crippen molar-refractivity contribution in [3.05, 3.63) is 22.5 Å². The fraction of sp³-hybridized carbons (Fsp3) is 0.696. The van der Waals surface area contributed by atoms with Gasteiger partial charge >= 0.3 is 5.97 Å². The van der Waals surface area contributed by atoms with E-state index in [1.807, 2.05) is 6.92 Å². The molecule has 0 saturated carbocycles. The number of ether oxygens (including phenoxy) is 2. The first-order valence-electron chi connectivity index (χ1n) is 10.9. The van der Waals surface area contributed by atoms with Crippen molar-refractivity contribution in [2.45, 2.75) is 73.3 Å². The Kier molecular flexibility index (Phi) is 10.8. The number of unbranched alkanes of at least 4 members (excludes halogenated alkanes) is 1. The molecule has 0 aliphatic rings. The summed E-state index contributed by atoms with van der Waals surface area (Å²) in [6.45, 7) is 12.0. The van der Waals surface area contributed by atoms with E-state index < -0.39 is 12.0 Å². The summed E-state index contributed by atoms with van der Waals surface area (Å²) in [7, 11) is 1.58. The Morgan fingerprint density at radius 3 is 2.33 bits per heavy atom. The fourth-order valence-electron chi connectivity index (χ4n) is 3.75. The Hall–Kier alpha value is -2.15. The van der Waals surface area contributed by atoms with Crippen molar-refractivity contribution in [2.24, 2.45) is 5.92 Å². The Labute approximate surface area is 180 Å². The van der Waals surface area contributed by atoms with E-state index in [4.69, 9.17) is 9.47 Å². The molecule has 7 heteroatoms. The predicted molar refractivity (Wildman–Crippen MR) is 117 cm³/mol. The average Bonchev–Trinajstić information content (AvgIpc) is 3.02. The third-order valence-corrected chi connectivity index (χ3v) is 5.58. The van der Waals surface area contributed by atoms with Crippen molar-refractivity contribution in [3.8, 4) is 0 Å². The topological polar surface area (TPSA) is 88.7 Å². The second-order valence-corrected chi connectivity index (χ2v) is 7.66. The maximum Gasteiger partial charge on any atom is 0.355 e. The number of nitrogens with one attached hydrogen (secondary N) is 1. The highest BCUT2D eigenvalue weighted by Crippen LogP contribution is 2.24. The van der Waals surface area contributed by atoms with E-state index in [0.29, 0.717) is 30.0 Å². The lowest BCUT2D eigenvalue weighted by atomic mass is 9.95. The minimum Gasteiger partial charge on any atom is -0.461 e. The molecule has 1 heterocycles. The van der Waals surface area contributed by atoms with Gasteiger partial charge in [0, 0.05) is 30.8 Å². The summed E-state index contributed by atoms with van der Waals surface area (Å²) < 4.78 is 10.3. The smallest absolute Gasteiger partial charge is 0.355 e. The Morgan fingerprint density at radius 2 is 1.80 bits per heavy atom. The van der Waals surface area contributed by atoms with E-state index in [2.05, 4.69) is 11.9 Å². The van der Waals surface area contributed by atoms with Gasteiger partial charge in [-0.2, -0.15) is 0 Å². The Bertz CT molecular complexity index is 725. The number of carbonyl (C=O) groups excluding carboxylic acids is 3. The monoisotopic (exact) mass is 422 g/mol. The molecule has 0 aliphatic heterocycles. The van der Waals surface area contributed by atoms with Gasteiger partial charge < -0.3 is 19.4 Å². The molecular weight excluding hydrogens is 384 g/mol. The maximum atomic E-state index is 13.4. The van der Waals surface area contributed by atoms with E-state index in [9.17, 15) is 14.4 Å². The average molecular weight is 423 g/mol. The first-order chi connectivity index (χ1) is 14.2. The molecule has 1 N–H and O–H groups in total. The molecule has 0 radical (unpaired) electrons. The first kappa shape index (κ1) is 25.9. The zero-order valence-corrected chi connectivity index (χ0v) is 19.6. The number of aryl methyl sites for hydroxylation is 1. The molecular formula is C23H38N2O5. The van der Waals surface area contributed by atoms with Crippen LogP contribution in [0.1, 0.15) is 85.5 Å². The largest absolute Gasteiger partial charge is 0.461 e. The summed E-state index contributed by atoms with van der Waals surface area (Å²) in [5, 5.41) is 0. The second-order valence-electron chi connectivity index (χ2n) is 7.66. The molecule has 1 aromatic heterocycles. The van der Waals surface area contributed by atoms with Crippen LogP contribution in [0.15, 0.2) is 0 Å². The summed E-state index contributed by atoms with van der Waals surface area (Å²) in [5.74, 6) is -0.796. The zero-order valence-electron chi connectivity index (χ0n) is 19.6. The summed E-state index contributed by atoms with van der Waals surface area (Å²) in [6, 6.07) is -0.661. The van der Waals surface area contributed by atoms with Gasteiger partial charge in [0.15, 0.2) is 5.78 Å². The fourth-order valence-corrected chi connectivity index (χ4v) is 3.75. The van der Waals surface area contributed by atoms with Crippen molar-refractivity contribution in [2.75, 3.05) is 26.9 Å². The van der Waals surface area contributed by atoms with Gasteiger partial charge in [-0.25, -0.2) is 4.79 Å². The number of ketones is 1. The van der Waals surface area contributed by atoms with Gasteiger partial charge in [-0.05, 0) is 46.1 Å². The molecule has 170 valence electrons. The molecule has 2 atom stereocenters. The molecule has 0 saturated heterocycles. The molecule has 0 fully saturated rings. The van der Waals surface area contributed by atoms with Gasteiger partial charge in [0.05, 0.1) is 19.3 Å². The van der Waals surface area contributed by atoms with Crippen LogP contribution in [0.2, 0.25) is 0 Å². The minimum atomic E-state index is -0.661. The first-order valence-corrected chi connectivity index (χ1v) is 10.9. The maximum absolute atomic E-state index is 13.4. The number of hydrogen-bond acceptors (Lipinski definition) is 5. The minimum absolute atomic E-state index is 0.0136. The predicted octanol–water partition coefficient (Wildman–Crippen LogP) is 4.07. The molecule has 1 aromatic rings. The normalized spacial score (nSPS) is 13.0. The number of Topliss-reactive ketones (excluding diaryl/α,β-unsaturated/α-hetero) is 1. The number of H-pyrrole nitrogens is 1. The molecule has 0 spiro atoms. The van der Waals surface area contributed by atoms with Crippen LogP contribution >= 0.6 is 0 Å². The van der Waals surface area contributed by atoms with Gasteiger partial charge in [0.1, 0.15) is 5.69 Å². The van der Waals surface area contributed by atoms with Crippen LogP contribution in [0.25, 0.3) is 0 Å². The van der Waals surface area contributed by atoms with Crippen molar-refractivity contribution >= 4 is 17.7 Å². The van der Waals surface area contributed by atoms with Gasteiger partial charge in [-0.1, -0.05) is 26.7 Å². The Balaban J connectivity index is 3.21. The van der Waals surface area contributed by atoms with Gasteiger partial charge in [-0.3, -0.25) is 9.59 Å².